The fourth-order valence-corrected chi connectivity index (χ4v) is 3.31. The van der Waals surface area contributed by atoms with E-state index < -0.39 is 0 Å². The maximum absolute atomic E-state index is 12.6. The molecule has 0 spiro atoms. The van der Waals surface area contributed by atoms with Gasteiger partial charge < -0.3 is 5.11 Å². The van der Waals surface area contributed by atoms with Crippen LogP contribution in [0.15, 0.2) is 72.8 Å². The second-order valence-electron chi connectivity index (χ2n) is 7.38. The van der Waals surface area contributed by atoms with Crippen LogP contribution in [-0.4, -0.2) is 22.5 Å². The number of phenolic OH excluding ortho intramolecular Hbond substituents is 1. The first-order valence-electron chi connectivity index (χ1n) is 9.97. The van der Waals surface area contributed by atoms with Gasteiger partial charge in [-0.1, -0.05) is 60.7 Å². The average Bonchev–Trinajstić information content (AvgIpc) is 2.75. The van der Waals surface area contributed by atoms with Crippen LogP contribution in [0.2, 0.25) is 0 Å². The summed E-state index contributed by atoms with van der Waals surface area (Å²) >= 11 is 0. The van der Waals surface area contributed by atoms with Gasteiger partial charge in [0.25, 0.3) is 0 Å². The monoisotopic (exact) mass is 400 g/mol. The molecule has 0 saturated heterocycles. The number of aryl methyl sites for hydroxylation is 2. The Balaban J connectivity index is 1.52. The number of phenols is 1. The number of ketones is 3. The van der Waals surface area contributed by atoms with Gasteiger partial charge in [-0.25, -0.2) is 0 Å². The van der Waals surface area contributed by atoms with Gasteiger partial charge in [-0.3, -0.25) is 14.4 Å². The molecule has 152 valence electrons. The molecular formula is C26H24O4. The summed E-state index contributed by atoms with van der Waals surface area (Å²) in [6.45, 7) is 1.89. The minimum atomic E-state index is -0.237. The van der Waals surface area contributed by atoms with Crippen molar-refractivity contribution in [1.82, 2.24) is 0 Å². The third-order valence-electron chi connectivity index (χ3n) is 5.07. The van der Waals surface area contributed by atoms with Gasteiger partial charge in [-0.15, -0.1) is 0 Å². The van der Waals surface area contributed by atoms with Crippen LogP contribution in [0.1, 0.15) is 56.7 Å². The molecule has 0 saturated carbocycles. The van der Waals surface area contributed by atoms with Gasteiger partial charge in [0.1, 0.15) is 11.5 Å². The van der Waals surface area contributed by atoms with Gasteiger partial charge in [-0.2, -0.15) is 0 Å². The van der Waals surface area contributed by atoms with Crippen molar-refractivity contribution >= 4 is 17.3 Å². The molecule has 3 rings (SSSR count). The highest BCUT2D eigenvalue weighted by molar-refractivity contribution is 6.11. The number of Topliss-reactive ketones (excluding diaryl/α,β-unsaturated/α-hetero) is 2. The van der Waals surface area contributed by atoms with Crippen molar-refractivity contribution in [3.05, 3.63) is 101 Å². The zero-order valence-corrected chi connectivity index (χ0v) is 16.9. The molecule has 3 aromatic rings. The second kappa shape index (κ2) is 9.79. The zero-order valence-electron chi connectivity index (χ0n) is 16.9. The van der Waals surface area contributed by atoms with E-state index >= 15 is 0 Å². The summed E-state index contributed by atoms with van der Waals surface area (Å²) in [5.74, 6) is -0.206. The molecule has 0 fully saturated rings. The van der Waals surface area contributed by atoms with Gasteiger partial charge in [0.05, 0.1) is 6.42 Å². The molecule has 30 heavy (non-hydrogen) atoms. The summed E-state index contributed by atoms with van der Waals surface area (Å²) < 4.78 is 0. The largest absolute Gasteiger partial charge is 0.508 e. The summed E-state index contributed by atoms with van der Waals surface area (Å²) in [6.07, 6.45) is 1.56. The molecule has 0 unspecified atom stereocenters. The minimum absolute atomic E-state index is 0.0857. The number of benzene rings is 3. The normalized spacial score (nSPS) is 10.6. The quantitative estimate of drug-likeness (QED) is 0.401. The number of hydrogen-bond donors (Lipinski definition) is 1. The van der Waals surface area contributed by atoms with Crippen LogP contribution in [0.4, 0.5) is 0 Å². The molecule has 0 heterocycles. The van der Waals surface area contributed by atoms with E-state index in [1.165, 1.54) is 0 Å². The molecule has 1 N–H and O–H groups in total. The Kier molecular flexibility index (Phi) is 6.91. The summed E-state index contributed by atoms with van der Waals surface area (Å²) in [5, 5.41) is 9.28. The summed E-state index contributed by atoms with van der Waals surface area (Å²) in [4.78, 5) is 37.2. The first kappa shape index (κ1) is 21.2. The maximum atomic E-state index is 12.6. The van der Waals surface area contributed by atoms with Crippen LogP contribution in [-0.2, 0) is 11.2 Å². The number of carbonyl (C=O) groups excluding carboxylic acids is 3. The molecule has 0 atom stereocenters. The number of rotatable bonds is 9. The second-order valence-corrected chi connectivity index (χ2v) is 7.38. The van der Waals surface area contributed by atoms with Gasteiger partial charge in [-0.05, 0) is 43.0 Å². The lowest BCUT2D eigenvalue weighted by Gasteiger charge is -2.06. The van der Waals surface area contributed by atoms with Crippen molar-refractivity contribution in [2.24, 2.45) is 0 Å². The first-order valence-corrected chi connectivity index (χ1v) is 9.97. The Morgan fingerprint density at radius 1 is 0.800 bits per heavy atom. The van der Waals surface area contributed by atoms with E-state index in [0.29, 0.717) is 29.5 Å². The van der Waals surface area contributed by atoms with Crippen LogP contribution in [0.25, 0.3) is 0 Å². The molecule has 4 nitrogen and oxygen atoms in total. The van der Waals surface area contributed by atoms with Crippen molar-refractivity contribution < 1.29 is 19.5 Å². The number of carbonyl (C=O) groups is 3. The van der Waals surface area contributed by atoms with E-state index in [1.807, 2.05) is 37.3 Å². The van der Waals surface area contributed by atoms with E-state index in [9.17, 15) is 19.5 Å². The Bertz CT molecular complexity index is 1050. The summed E-state index contributed by atoms with van der Waals surface area (Å²) in [7, 11) is 0. The molecule has 0 aromatic heterocycles. The van der Waals surface area contributed by atoms with Crippen molar-refractivity contribution in [2.45, 2.75) is 32.6 Å². The standard InChI is InChI=1S/C26H24O4/c1-18-5-2-3-8-24(18)26(30)21-13-11-20(12-14-21)25(29)17-23(28)7-4-6-19-9-15-22(27)16-10-19/h2-3,5,8-16,27H,4,6-7,17H2,1H3. The van der Waals surface area contributed by atoms with E-state index in [4.69, 9.17) is 0 Å². The highest BCUT2D eigenvalue weighted by atomic mass is 16.3. The maximum Gasteiger partial charge on any atom is 0.193 e. The smallest absolute Gasteiger partial charge is 0.193 e. The van der Waals surface area contributed by atoms with E-state index in [-0.39, 0.29) is 29.5 Å². The summed E-state index contributed by atoms with van der Waals surface area (Å²) in [6, 6.07) is 20.8. The molecule has 0 amide bonds. The molecule has 0 aliphatic rings. The molecule has 0 bridgehead atoms. The van der Waals surface area contributed by atoms with Crippen LogP contribution >= 0.6 is 0 Å². The van der Waals surface area contributed by atoms with E-state index in [1.54, 1.807) is 42.5 Å². The highest BCUT2D eigenvalue weighted by Gasteiger charge is 2.15. The van der Waals surface area contributed by atoms with Crippen LogP contribution in [0.3, 0.4) is 0 Å². The number of aromatic hydroxyl groups is 1. The fraction of sp³-hybridized carbons (Fsp3) is 0.192. The average molecular weight is 400 g/mol. The summed E-state index contributed by atoms with van der Waals surface area (Å²) in [5.41, 5.74) is 3.53. The first-order chi connectivity index (χ1) is 14.4. The van der Waals surface area contributed by atoms with Crippen LogP contribution in [0, 0.1) is 6.92 Å². The lowest BCUT2D eigenvalue weighted by molar-refractivity contribution is -0.118. The van der Waals surface area contributed by atoms with Gasteiger partial charge in [0, 0.05) is 23.1 Å². The van der Waals surface area contributed by atoms with Crippen molar-refractivity contribution in [1.29, 1.82) is 0 Å². The fourth-order valence-electron chi connectivity index (χ4n) is 3.31. The Morgan fingerprint density at radius 2 is 1.43 bits per heavy atom. The Morgan fingerprint density at radius 3 is 2.10 bits per heavy atom. The van der Waals surface area contributed by atoms with Crippen molar-refractivity contribution in [3.63, 3.8) is 0 Å². The van der Waals surface area contributed by atoms with Gasteiger partial charge in [0.15, 0.2) is 11.6 Å². The molecular weight excluding hydrogens is 376 g/mol. The number of hydrogen-bond acceptors (Lipinski definition) is 4. The zero-order chi connectivity index (χ0) is 21.5. The Hall–Kier alpha value is -3.53. The lowest BCUT2D eigenvalue weighted by Crippen LogP contribution is -2.09. The van der Waals surface area contributed by atoms with Crippen LogP contribution in [0.5, 0.6) is 5.75 Å². The highest BCUT2D eigenvalue weighted by Crippen LogP contribution is 2.16. The SMILES string of the molecule is Cc1ccccc1C(=O)c1ccc(C(=O)CC(=O)CCCc2ccc(O)cc2)cc1. The predicted octanol–water partition coefficient (Wildman–Crippen LogP) is 5.10. The third-order valence-corrected chi connectivity index (χ3v) is 5.07. The van der Waals surface area contributed by atoms with Gasteiger partial charge in [0.2, 0.25) is 0 Å². The topological polar surface area (TPSA) is 71.4 Å². The molecule has 0 radical (unpaired) electrons. The van der Waals surface area contributed by atoms with Gasteiger partial charge >= 0.3 is 0 Å². The molecule has 3 aromatic carbocycles. The van der Waals surface area contributed by atoms with Crippen LogP contribution < -0.4 is 0 Å². The predicted molar refractivity (Wildman–Crippen MR) is 116 cm³/mol. The lowest BCUT2D eigenvalue weighted by atomic mass is 9.96. The molecule has 0 aliphatic carbocycles. The molecule has 0 aliphatic heterocycles. The van der Waals surface area contributed by atoms with E-state index in [0.717, 1.165) is 17.5 Å². The molecule has 4 heteroatoms. The Labute approximate surface area is 176 Å². The van der Waals surface area contributed by atoms with Crippen molar-refractivity contribution in [2.75, 3.05) is 0 Å². The third kappa shape index (κ3) is 5.51. The van der Waals surface area contributed by atoms with E-state index in [2.05, 4.69) is 0 Å². The minimum Gasteiger partial charge on any atom is -0.508 e. The van der Waals surface area contributed by atoms with Crippen molar-refractivity contribution in [3.8, 4) is 5.75 Å².